The summed E-state index contributed by atoms with van der Waals surface area (Å²) in [7, 11) is 0. The minimum atomic E-state index is -0.224. The molecule has 1 aliphatic carbocycles. The van der Waals surface area contributed by atoms with E-state index in [1.54, 1.807) is 0 Å². The molecule has 0 aromatic heterocycles. The zero-order chi connectivity index (χ0) is 13.0. The Morgan fingerprint density at radius 3 is 3.00 bits per heavy atom. The lowest BCUT2D eigenvalue weighted by Crippen LogP contribution is -2.30. The number of phenols is 1. The standard InChI is InChI=1S/C14H18N2O2/c15-13-7-6-11(17)8-12(13)14(18)16-9-10-4-2-1-3-5-10/h1-2,6-8,10,17H,3-5,9,15H2,(H,16,18). The lowest BCUT2D eigenvalue weighted by atomic mass is 9.94. The fraction of sp³-hybridized carbons (Fsp3) is 0.357. The summed E-state index contributed by atoms with van der Waals surface area (Å²) in [6, 6.07) is 4.40. The minimum Gasteiger partial charge on any atom is -0.508 e. The maximum absolute atomic E-state index is 11.9. The molecule has 4 nitrogen and oxygen atoms in total. The molecule has 1 unspecified atom stereocenters. The van der Waals surface area contributed by atoms with Gasteiger partial charge in [0.1, 0.15) is 5.75 Å². The molecule has 1 amide bonds. The molecule has 0 saturated carbocycles. The normalized spacial score (nSPS) is 18.6. The van der Waals surface area contributed by atoms with E-state index in [0.717, 1.165) is 19.3 Å². The number of hydrogen-bond donors (Lipinski definition) is 3. The Balaban J connectivity index is 1.95. The number of carbonyl (C=O) groups is 1. The molecular weight excluding hydrogens is 228 g/mol. The van der Waals surface area contributed by atoms with Gasteiger partial charge >= 0.3 is 0 Å². The van der Waals surface area contributed by atoms with Crippen LogP contribution in [-0.2, 0) is 0 Å². The van der Waals surface area contributed by atoms with Gasteiger partial charge in [-0.25, -0.2) is 0 Å². The van der Waals surface area contributed by atoms with Crippen molar-refractivity contribution < 1.29 is 9.90 Å². The largest absolute Gasteiger partial charge is 0.508 e. The maximum atomic E-state index is 11.9. The van der Waals surface area contributed by atoms with Crippen molar-refractivity contribution in [1.82, 2.24) is 5.32 Å². The highest BCUT2D eigenvalue weighted by Gasteiger charge is 2.14. The highest BCUT2D eigenvalue weighted by Crippen LogP contribution is 2.20. The van der Waals surface area contributed by atoms with Crippen molar-refractivity contribution >= 4 is 11.6 Å². The molecule has 0 spiro atoms. The van der Waals surface area contributed by atoms with Crippen molar-refractivity contribution in [3.63, 3.8) is 0 Å². The number of nitrogens with one attached hydrogen (secondary N) is 1. The summed E-state index contributed by atoms with van der Waals surface area (Å²) in [4.78, 5) is 11.9. The predicted molar refractivity (Wildman–Crippen MR) is 71.3 cm³/mol. The number of phenolic OH excluding ortho intramolecular Hbond substituents is 1. The molecule has 0 heterocycles. The summed E-state index contributed by atoms with van der Waals surface area (Å²) in [5.41, 5.74) is 6.43. The van der Waals surface area contributed by atoms with Gasteiger partial charge in [-0.15, -0.1) is 0 Å². The SMILES string of the molecule is Nc1ccc(O)cc1C(=O)NCC1CC=CCC1. The molecule has 96 valence electrons. The van der Waals surface area contributed by atoms with Gasteiger partial charge in [-0.05, 0) is 43.4 Å². The summed E-state index contributed by atoms with van der Waals surface area (Å²) in [6.07, 6.45) is 7.52. The highest BCUT2D eigenvalue weighted by molar-refractivity contribution is 5.99. The van der Waals surface area contributed by atoms with Crippen LogP contribution in [-0.4, -0.2) is 17.6 Å². The van der Waals surface area contributed by atoms with Crippen LogP contribution in [0, 0.1) is 5.92 Å². The van der Waals surface area contributed by atoms with Gasteiger partial charge in [-0.1, -0.05) is 12.2 Å². The second-order valence-corrected chi connectivity index (χ2v) is 4.63. The molecule has 0 fully saturated rings. The van der Waals surface area contributed by atoms with E-state index in [-0.39, 0.29) is 11.7 Å². The van der Waals surface area contributed by atoms with Crippen molar-refractivity contribution in [2.24, 2.45) is 5.92 Å². The van der Waals surface area contributed by atoms with Gasteiger partial charge in [-0.2, -0.15) is 0 Å². The zero-order valence-electron chi connectivity index (χ0n) is 10.2. The lowest BCUT2D eigenvalue weighted by Gasteiger charge is -2.18. The Morgan fingerprint density at radius 2 is 2.28 bits per heavy atom. The van der Waals surface area contributed by atoms with Crippen molar-refractivity contribution in [2.75, 3.05) is 12.3 Å². The zero-order valence-corrected chi connectivity index (χ0v) is 10.2. The van der Waals surface area contributed by atoms with Crippen LogP contribution in [0.25, 0.3) is 0 Å². The van der Waals surface area contributed by atoms with Gasteiger partial charge in [0.15, 0.2) is 0 Å². The highest BCUT2D eigenvalue weighted by atomic mass is 16.3. The van der Waals surface area contributed by atoms with Crippen LogP contribution in [0.5, 0.6) is 5.75 Å². The fourth-order valence-corrected chi connectivity index (χ4v) is 2.11. The Morgan fingerprint density at radius 1 is 1.44 bits per heavy atom. The summed E-state index contributed by atoms with van der Waals surface area (Å²) in [5.74, 6) is 0.324. The topological polar surface area (TPSA) is 75.3 Å². The number of amides is 1. The van der Waals surface area contributed by atoms with Gasteiger partial charge < -0.3 is 16.2 Å². The first kappa shape index (κ1) is 12.5. The minimum absolute atomic E-state index is 0.0509. The first-order chi connectivity index (χ1) is 8.66. The first-order valence-electron chi connectivity index (χ1n) is 6.18. The molecule has 1 aliphatic rings. The van der Waals surface area contributed by atoms with Crippen LogP contribution in [0.3, 0.4) is 0 Å². The molecule has 0 saturated heterocycles. The van der Waals surface area contributed by atoms with E-state index >= 15 is 0 Å². The number of carbonyl (C=O) groups excluding carboxylic acids is 1. The number of nitrogen functional groups attached to an aromatic ring is 1. The maximum Gasteiger partial charge on any atom is 0.253 e. The van der Waals surface area contributed by atoms with Gasteiger partial charge in [0, 0.05) is 12.2 Å². The third kappa shape index (κ3) is 3.03. The predicted octanol–water partition coefficient (Wildman–Crippen LogP) is 2.06. The molecule has 1 aromatic rings. The van der Waals surface area contributed by atoms with Gasteiger partial charge in [-0.3, -0.25) is 4.79 Å². The van der Waals surface area contributed by atoms with E-state index < -0.39 is 0 Å². The third-order valence-electron chi connectivity index (χ3n) is 3.21. The van der Waals surface area contributed by atoms with Crippen molar-refractivity contribution in [1.29, 1.82) is 0 Å². The number of aromatic hydroxyl groups is 1. The molecule has 0 aliphatic heterocycles. The van der Waals surface area contributed by atoms with E-state index in [1.165, 1.54) is 18.2 Å². The molecule has 1 aromatic carbocycles. The number of benzene rings is 1. The monoisotopic (exact) mass is 246 g/mol. The molecule has 2 rings (SSSR count). The number of rotatable bonds is 3. The van der Waals surface area contributed by atoms with E-state index in [9.17, 15) is 9.90 Å². The second-order valence-electron chi connectivity index (χ2n) is 4.63. The quantitative estimate of drug-likeness (QED) is 0.434. The average molecular weight is 246 g/mol. The number of hydrogen-bond acceptors (Lipinski definition) is 3. The van der Waals surface area contributed by atoms with Gasteiger partial charge in [0.25, 0.3) is 5.91 Å². The van der Waals surface area contributed by atoms with Crippen molar-refractivity contribution in [3.8, 4) is 5.75 Å². The van der Waals surface area contributed by atoms with Crippen LogP contribution >= 0.6 is 0 Å². The summed E-state index contributed by atoms with van der Waals surface area (Å²) >= 11 is 0. The Hall–Kier alpha value is -1.97. The van der Waals surface area contributed by atoms with Crippen molar-refractivity contribution in [3.05, 3.63) is 35.9 Å². The average Bonchev–Trinajstić information content (AvgIpc) is 2.40. The molecule has 0 radical (unpaired) electrons. The number of anilines is 1. The van der Waals surface area contributed by atoms with Crippen LogP contribution in [0.15, 0.2) is 30.4 Å². The molecule has 18 heavy (non-hydrogen) atoms. The van der Waals surface area contributed by atoms with Gasteiger partial charge in [0.05, 0.1) is 5.56 Å². The third-order valence-corrected chi connectivity index (χ3v) is 3.21. The van der Waals surface area contributed by atoms with E-state index in [2.05, 4.69) is 17.5 Å². The van der Waals surface area contributed by atoms with Crippen LogP contribution in [0.2, 0.25) is 0 Å². The Kier molecular flexibility index (Phi) is 3.87. The Labute approximate surface area is 107 Å². The van der Waals surface area contributed by atoms with Crippen LogP contribution < -0.4 is 11.1 Å². The number of nitrogens with two attached hydrogens (primary N) is 1. The van der Waals surface area contributed by atoms with E-state index in [4.69, 9.17) is 5.73 Å². The summed E-state index contributed by atoms with van der Waals surface area (Å²) in [5, 5.41) is 12.2. The molecule has 1 atom stereocenters. The fourth-order valence-electron chi connectivity index (χ4n) is 2.11. The summed E-state index contributed by atoms with van der Waals surface area (Å²) in [6.45, 7) is 0.651. The van der Waals surface area contributed by atoms with E-state index in [0.29, 0.717) is 23.7 Å². The lowest BCUT2D eigenvalue weighted by molar-refractivity contribution is 0.0946. The second kappa shape index (κ2) is 5.58. The van der Waals surface area contributed by atoms with Crippen LogP contribution in [0.1, 0.15) is 29.6 Å². The summed E-state index contributed by atoms with van der Waals surface area (Å²) < 4.78 is 0. The molecular formula is C14H18N2O2. The van der Waals surface area contributed by atoms with Gasteiger partial charge in [0.2, 0.25) is 0 Å². The molecule has 4 heteroatoms. The Bertz CT molecular complexity index is 469. The number of allylic oxidation sites excluding steroid dienone is 2. The molecule has 4 N–H and O–H groups in total. The van der Waals surface area contributed by atoms with Crippen molar-refractivity contribution in [2.45, 2.75) is 19.3 Å². The molecule has 0 bridgehead atoms. The van der Waals surface area contributed by atoms with E-state index in [1.807, 2.05) is 0 Å². The smallest absolute Gasteiger partial charge is 0.253 e. The van der Waals surface area contributed by atoms with Crippen LogP contribution in [0.4, 0.5) is 5.69 Å². The first-order valence-corrected chi connectivity index (χ1v) is 6.18.